The number of alkyl halides is 2. The van der Waals surface area contributed by atoms with Crippen LogP contribution in [0.2, 0.25) is 0 Å². The summed E-state index contributed by atoms with van der Waals surface area (Å²) >= 11 is 0. The SMILES string of the molecule is CC1c2c(OC3CC4(C3)CN(c3ncncc3Oc3ccc(F)cc3C(=O)N(CC(F)F)C(C)C)C4)ccnc2CCN1Cc1ccccc1. The van der Waals surface area contributed by atoms with Crippen molar-refractivity contribution in [3.05, 3.63) is 102 Å². The number of benzene rings is 2. The molecule has 2 aliphatic heterocycles. The molecule has 0 N–H and O–H groups in total. The Kier molecular flexibility index (Phi) is 9.38. The Hall–Kier alpha value is -4.71. The van der Waals surface area contributed by atoms with Crippen molar-refractivity contribution in [2.24, 2.45) is 5.41 Å². The van der Waals surface area contributed by atoms with Gasteiger partial charge >= 0.3 is 0 Å². The quantitative estimate of drug-likeness (QED) is 0.166. The van der Waals surface area contributed by atoms with Crippen LogP contribution >= 0.6 is 0 Å². The van der Waals surface area contributed by atoms with Gasteiger partial charge in [-0.1, -0.05) is 30.3 Å². The van der Waals surface area contributed by atoms with E-state index in [0.29, 0.717) is 5.82 Å². The van der Waals surface area contributed by atoms with E-state index in [2.05, 4.69) is 51.0 Å². The molecule has 9 nitrogen and oxygen atoms in total. The van der Waals surface area contributed by atoms with Gasteiger partial charge in [0.2, 0.25) is 0 Å². The number of hydrogen-bond acceptors (Lipinski definition) is 8. The van der Waals surface area contributed by atoms with Crippen LogP contribution in [0.1, 0.15) is 66.8 Å². The van der Waals surface area contributed by atoms with E-state index in [1.807, 2.05) is 18.3 Å². The van der Waals surface area contributed by atoms with Crippen LogP contribution in [-0.2, 0) is 13.0 Å². The summed E-state index contributed by atoms with van der Waals surface area (Å²) in [6, 6.07) is 15.7. The predicted octanol–water partition coefficient (Wildman–Crippen LogP) is 7.09. The van der Waals surface area contributed by atoms with Gasteiger partial charge in [-0.15, -0.1) is 0 Å². The van der Waals surface area contributed by atoms with Gasteiger partial charge in [0.05, 0.1) is 24.0 Å². The summed E-state index contributed by atoms with van der Waals surface area (Å²) in [5.74, 6) is 0.363. The lowest BCUT2D eigenvalue weighted by molar-refractivity contribution is -0.0356. The molecular weight excluding hydrogens is 645 g/mol. The van der Waals surface area contributed by atoms with Gasteiger partial charge in [-0.25, -0.2) is 23.1 Å². The highest BCUT2D eigenvalue weighted by Gasteiger charge is 2.54. The smallest absolute Gasteiger partial charge is 0.258 e. The molecule has 4 heterocycles. The van der Waals surface area contributed by atoms with E-state index < -0.39 is 30.7 Å². The monoisotopic (exact) mass is 686 g/mol. The molecule has 7 rings (SSSR count). The molecule has 2 aromatic carbocycles. The summed E-state index contributed by atoms with van der Waals surface area (Å²) < 4.78 is 53.7. The van der Waals surface area contributed by atoms with E-state index in [-0.39, 0.29) is 34.6 Å². The first-order valence-electron chi connectivity index (χ1n) is 17.1. The Bertz CT molecular complexity index is 1830. The number of carbonyl (C=O) groups excluding carboxylic acids is 1. The van der Waals surface area contributed by atoms with Crippen molar-refractivity contribution in [3.8, 4) is 17.2 Å². The molecule has 12 heteroatoms. The average molecular weight is 687 g/mol. The lowest BCUT2D eigenvalue weighted by atomic mass is 9.61. The second kappa shape index (κ2) is 13.9. The first kappa shape index (κ1) is 33.8. The number of ether oxygens (including phenoxy) is 2. The fourth-order valence-electron chi connectivity index (χ4n) is 7.57. The Balaban J connectivity index is 1.00. The van der Waals surface area contributed by atoms with Crippen molar-refractivity contribution in [1.29, 1.82) is 0 Å². The zero-order valence-electron chi connectivity index (χ0n) is 28.4. The molecule has 1 aliphatic carbocycles. The van der Waals surface area contributed by atoms with Crippen LogP contribution in [0.15, 0.2) is 73.3 Å². The highest BCUT2D eigenvalue weighted by Crippen LogP contribution is 2.52. The highest BCUT2D eigenvalue weighted by molar-refractivity contribution is 5.97. The third-order valence-corrected chi connectivity index (χ3v) is 10.1. The topological polar surface area (TPSA) is 83.9 Å². The first-order chi connectivity index (χ1) is 24.1. The van der Waals surface area contributed by atoms with E-state index in [9.17, 15) is 18.0 Å². The van der Waals surface area contributed by atoms with Gasteiger partial charge in [0.15, 0.2) is 11.6 Å². The zero-order valence-corrected chi connectivity index (χ0v) is 28.4. The molecule has 0 radical (unpaired) electrons. The highest BCUT2D eigenvalue weighted by atomic mass is 19.3. The van der Waals surface area contributed by atoms with Crippen molar-refractivity contribution in [1.82, 2.24) is 24.8 Å². The minimum Gasteiger partial charge on any atom is -0.490 e. The van der Waals surface area contributed by atoms with E-state index in [1.54, 1.807) is 13.8 Å². The number of rotatable bonds is 11. The lowest BCUT2D eigenvalue weighted by Gasteiger charge is -2.59. The van der Waals surface area contributed by atoms with Crippen LogP contribution in [-0.4, -0.2) is 75.4 Å². The number of anilines is 1. The summed E-state index contributed by atoms with van der Waals surface area (Å²) in [5.41, 5.74) is 3.50. The van der Waals surface area contributed by atoms with Gasteiger partial charge in [0, 0.05) is 61.9 Å². The molecule has 3 aliphatic rings. The summed E-state index contributed by atoms with van der Waals surface area (Å²) in [6.07, 6.45) is 4.80. The number of halogens is 3. The van der Waals surface area contributed by atoms with Gasteiger partial charge in [-0.2, -0.15) is 0 Å². The molecule has 1 spiro atoms. The second-order valence-electron chi connectivity index (χ2n) is 14.0. The molecular formula is C38H41F3N6O3. The number of pyridine rings is 1. The van der Waals surface area contributed by atoms with Crippen molar-refractivity contribution in [2.45, 2.75) is 71.2 Å². The summed E-state index contributed by atoms with van der Waals surface area (Å²) in [4.78, 5) is 32.2. The molecule has 2 aromatic heterocycles. The number of hydrogen-bond donors (Lipinski definition) is 0. The molecule has 0 bridgehead atoms. The average Bonchev–Trinajstić information content (AvgIpc) is 3.06. The number of carbonyl (C=O) groups is 1. The largest absolute Gasteiger partial charge is 0.490 e. The fourth-order valence-corrected chi connectivity index (χ4v) is 7.57. The standard InChI is InChI=1S/C38H41F3N6O3/c1-24(2)47(20-34(40)41)37(48)29-15-27(39)9-10-31(29)50-33-18-42-23-44-36(33)46-21-38(22-46)16-28(17-38)49-32-11-13-43-30-12-14-45(25(3)35(30)32)19-26-7-5-4-6-8-26/h4-11,13,15,18,23-25,28,34H,12,14,16-17,19-22H2,1-3H3. The fraction of sp³-hybridized carbons (Fsp3) is 0.421. The van der Waals surface area contributed by atoms with E-state index in [0.717, 1.165) is 73.9 Å². The molecule has 1 unspecified atom stereocenters. The summed E-state index contributed by atoms with van der Waals surface area (Å²) in [7, 11) is 0. The number of fused-ring (bicyclic) bond motifs is 1. The minimum atomic E-state index is -2.74. The Morgan fingerprint density at radius 1 is 1.04 bits per heavy atom. The molecule has 4 aromatic rings. The van der Waals surface area contributed by atoms with E-state index >= 15 is 0 Å². The van der Waals surface area contributed by atoms with Gasteiger partial charge in [0.25, 0.3) is 12.3 Å². The van der Waals surface area contributed by atoms with Gasteiger partial charge < -0.3 is 19.3 Å². The van der Waals surface area contributed by atoms with Gasteiger partial charge in [0.1, 0.15) is 29.7 Å². The van der Waals surface area contributed by atoms with E-state index in [1.165, 1.54) is 29.7 Å². The molecule has 1 amide bonds. The van der Waals surface area contributed by atoms with Crippen LogP contribution in [0, 0.1) is 11.2 Å². The maximum Gasteiger partial charge on any atom is 0.258 e. The lowest BCUT2D eigenvalue weighted by Crippen LogP contribution is -2.65. The molecule has 1 saturated heterocycles. The third kappa shape index (κ3) is 6.85. The number of nitrogens with zero attached hydrogens (tertiary/aromatic N) is 6. The van der Waals surface area contributed by atoms with Crippen LogP contribution in [0.4, 0.5) is 19.0 Å². The van der Waals surface area contributed by atoms with Crippen LogP contribution in [0.25, 0.3) is 0 Å². The van der Waals surface area contributed by atoms with Crippen LogP contribution in [0.5, 0.6) is 17.2 Å². The van der Waals surface area contributed by atoms with Crippen molar-refractivity contribution in [3.63, 3.8) is 0 Å². The third-order valence-electron chi connectivity index (χ3n) is 10.1. The Labute approximate surface area is 290 Å². The zero-order chi connectivity index (χ0) is 35.0. The van der Waals surface area contributed by atoms with Crippen molar-refractivity contribution < 1.29 is 27.4 Å². The molecule has 2 fully saturated rings. The Morgan fingerprint density at radius 2 is 1.82 bits per heavy atom. The van der Waals surface area contributed by atoms with Crippen molar-refractivity contribution in [2.75, 3.05) is 31.1 Å². The first-order valence-corrected chi connectivity index (χ1v) is 17.1. The van der Waals surface area contributed by atoms with Gasteiger partial charge in [-0.05, 0) is 63.4 Å². The van der Waals surface area contributed by atoms with E-state index in [4.69, 9.17) is 14.5 Å². The Morgan fingerprint density at radius 3 is 2.56 bits per heavy atom. The normalized spacial score (nSPS) is 18.5. The maximum atomic E-state index is 14.3. The molecule has 50 heavy (non-hydrogen) atoms. The van der Waals surface area contributed by atoms with Crippen LogP contribution in [0.3, 0.4) is 0 Å². The van der Waals surface area contributed by atoms with Crippen molar-refractivity contribution >= 4 is 11.7 Å². The summed E-state index contributed by atoms with van der Waals surface area (Å²) in [6.45, 7) is 8.02. The summed E-state index contributed by atoms with van der Waals surface area (Å²) in [5, 5.41) is 0. The molecule has 1 saturated carbocycles. The van der Waals surface area contributed by atoms with Gasteiger partial charge in [-0.3, -0.25) is 14.7 Å². The minimum absolute atomic E-state index is 0.0388. The second-order valence-corrected chi connectivity index (χ2v) is 14.0. The maximum absolute atomic E-state index is 14.3. The van der Waals surface area contributed by atoms with Crippen LogP contribution < -0.4 is 14.4 Å². The number of aromatic nitrogens is 3. The predicted molar refractivity (Wildman–Crippen MR) is 182 cm³/mol. The molecule has 262 valence electrons. The molecule has 1 atom stereocenters. The number of amides is 1.